The van der Waals surface area contributed by atoms with Crippen LogP contribution in [0.2, 0.25) is 5.15 Å². The normalized spacial score (nSPS) is 11.2. The molecular formula is C5H4Cl2N2O2S. The van der Waals surface area contributed by atoms with E-state index in [1.807, 2.05) is 4.72 Å². The number of hydrogen-bond donors (Lipinski definition) is 1. The van der Waals surface area contributed by atoms with E-state index in [2.05, 4.69) is 4.98 Å². The second kappa shape index (κ2) is 3.47. The Morgan fingerprint density at radius 3 is 2.67 bits per heavy atom. The molecule has 0 spiro atoms. The molecule has 1 heterocycles. The SMILES string of the molecule is O=S(=O)(Cl)Nc1cccnc1Cl. The molecule has 0 amide bonds. The predicted octanol–water partition coefficient (Wildman–Crippen LogP) is 1.63. The number of rotatable bonds is 2. The molecule has 7 heteroatoms. The lowest BCUT2D eigenvalue weighted by atomic mass is 10.4. The Labute approximate surface area is 79.1 Å². The van der Waals surface area contributed by atoms with Crippen molar-refractivity contribution in [2.24, 2.45) is 0 Å². The highest BCUT2D eigenvalue weighted by Crippen LogP contribution is 2.19. The first kappa shape index (κ1) is 9.57. The fraction of sp³-hybridized carbons (Fsp3) is 0. The maximum absolute atomic E-state index is 10.5. The Kier molecular flexibility index (Phi) is 2.76. The molecule has 0 fully saturated rings. The van der Waals surface area contributed by atoms with Gasteiger partial charge in [0.25, 0.3) is 0 Å². The Balaban J connectivity index is 2.98. The topological polar surface area (TPSA) is 59.1 Å². The number of anilines is 1. The van der Waals surface area contributed by atoms with Gasteiger partial charge >= 0.3 is 9.24 Å². The van der Waals surface area contributed by atoms with Crippen LogP contribution in [0.25, 0.3) is 0 Å². The molecule has 4 nitrogen and oxygen atoms in total. The number of hydrogen-bond acceptors (Lipinski definition) is 3. The molecule has 12 heavy (non-hydrogen) atoms. The average Bonchev–Trinajstić information content (AvgIpc) is 1.91. The zero-order valence-corrected chi connectivity index (χ0v) is 7.99. The van der Waals surface area contributed by atoms with Gasteiger partial charge < -0.3 is 0 Å². The van der Waals surface area contributed by atoms with E-state index in [9.17, 15) is 8.42 Å². The first-order valence-electron chi connectivity index (χ1n) is 2.82. The molecule has 0 saturated carbocycles. The van der Waals surface area contributed by atoms with E-state index in [-0.39, 0.29) is 10.8 Å². The van der Waals surface area contributed by atoms with E-state index in [0.29, 0.717) is 0 Å². The minimum atomic E-state index is -3.80. The summed E-state index contributed by atoms with van der Waals surface area (Å²) in [6.07, 6.45) is 1.44. The molecule has 0 unspecified atom stereocenters. The van der Waals surface area contributed by atoms with E-state index >= 15 is 0 Å². The second-order valence-electron chi connectivity index (χ2n) is 1.88. The molecule has 1 aromatic rings. The van der Waals surface area contributed by atoms with E-state index < -0.39 is 9.24 Å². The Morgan fingerprint density at radius 1 is 1.50 bits per heavy atom. The number of halogens is 2. The maximum atomic E-state index is 10.5. The fourth-order valence-corrected chi connectivity index (χ4v) is 1.49. The standard InChI is InChI=1S/C5H4Cl2N2O2S/c6-5-4(2-1-3-8-5)9-12(7,10)11/h1-3,9H. The minimum absolute atomic E-state index is 0.0572. The van der Waals surface area contributed by atoms with Crippen LogP contribution in [0.5, 0.6) is 0 Å². The zero-order chi connectivity index (χ0) is 9.19. The van der Waals surface area contributed by atoms with Crippen LogP contribution >= 0.6 is 22.3 Å². The van der Waals surface area contributed by atoms with Crippen molar-refractivity contribution in [3.63, 3.8) is 0 Å². The quantitative estimate of drug-likeness (QED) is 0.617. The smallest absolute Gasteiger partial charge is 0.268 e. The Hall–Kier alpha value is -0.520. The van der Waals surface area contributed by atoms with Gasteiger partial charge in [-0.05, 0) is 12.1 Å². The molecule has 0 saturated heterocycles. The average molecular weight is 227 g/mol. The Morgan fingerprint density at radius 2 is 2.17 bits per heavy atom. The van der Waals surface area contributed by atoms with Gasteiger partial charge in [-0.1, -0.05) is 11.6 Å². The summed E-state index contributed by atoms with van der Waals surface area (Å²) in [5, 5.41) is 0.0572. The molecular weight excluding hydrogens is 223 g/mol. The molecule has 0 aliphatic carbocycles. The molecule has 0 aliphatic rings. The van der Waals surface area contributed by atoms with Crippen LogP contribution in [0.15, 0.2) is 18.3 Å². The van der Waals surface area contributed by atoms with Crippen LogP contribution < -0.4 is 4.72 Å². The molecule has 1 aromatic heterocycles. The van der Waals surface area contributed by atoms with Crippen LogP contribution in [0.3, 0.4) is 0 Å². The summed E-state index contributed by atoms with van der Waals surface area (Å²) in [4.78, 5) is 3.64. The predicted molar refractivity (Wildman–Crippen MR) is 47.6 cm³/mol. The van der Waals surface area contributed by atoms with Crippen molar-refractivity contribution < 1.29 is 8.42 Å². The highest BCUT2D eigenvalue weighted by molar-refractivity contribution is 8.14. The number of nitrogens with one attached hydrogen (secondary N) is 1. The molecule has 0 atom stereocenters. The minimum Gasteiger partial charge on any atom is -0.268 e. The lowest BCUT2D eigenvalue weighted by Crippen LogP contribution is -2.04. The number of nitrogens with zero attached hydrogens (tertiary/aromatic N) is 1. The number of aromatic nitrogens is 1. The number of pyridine rings is 1. The van der Waals surface area contributed by atoms with Crippen molar-refractivity contribution >= 4 is 37.2 Å². The molecule has 0 radical (unpaired) electrons. The molecule has 0 aliphatic heterocycles. The Bertz CT molecular complexity index is 379. The van der Waals surface area contributed by atoms with Gasteiger partial charge in [0.15, 0.2) is 5.15 Å². The van der Waals surface area contributed by atoms with Gasteiger partial charge in [-0.3, -0.25) is 4.72 Å². The van der Waals surface area contributed by atoms with Crippen molar-refractivity contribution in [2.45, 2.75) is 0 Å². The largest absolute Gasteiger partial charge is 0.319 e. The lowest BCUT2D eigenvalue weighted by molar-refractivity contribution is 0.614. The van der Waals surface area contributed by atoms with Crippen molar-refractivity contribution in [3.05, 3.63) is 23.5 Å². The van der Waals surface area contributed by atoms with Gasteiger partial charge in [0.05, 0.1) is 5.69 Å². The maximum Gasteiger partial charge on any atom is 0.319 e. The third-order valence-corrected chi connectivity index (χ3v) is 1.99. The van der Waals surface area contributed by atoms with Crippen LogP contribution in [0.4, 0.5) is 5.69 Å². The summed E-state index contributed by atoms with van der Waals surface area (Å²) in [6.45, 7) is 0. The molecule has 0 bridgehead atoms. The van der Waals surface area contributed by atoms with Gasteiger partial charge in [-0.2, -0.15) is 8.42 Å². The lowest BCUT2D eigenvalue weighted by Gasteiger charge is -2.01. The van der Waals surface area contributed by atoms with Crippen molar-refractivity contribution in [3.8, 4) is 0 Å². The zero-order valence-electron chi connectivity index (χ0n) is 5.66. The highest BCUT2D eigenvalue weighted by atomic mass is 35.7. The van der Waals surface area contributed by atoms with Gasteiger partial charge in [-0.15, -0.1) is 0 Å². The van der Waals surface area contributed by atoms with Gasteiger partial charge in [-0.25, -0.2) is 4.98 Å². The summed E-state index contributed by atoms with van der Waals surface area (Å²) in [6, 6.07) is 2.99. The monoisotopic (exact) mass is 226 g/mol. The van der Waals surface area contributed by atoms with Crippen molar-refractivity contribution in [1.82, 2.24) is 4.98 Å². The van der Waals surface area contributed by atoms with Gasteiger partial charge in [0, 0.05) is 16.9 Å². The molecule has 1 N–H and O–H groups in total. The van der Waals surface area contributed by atoms with Crippen LogP contribution in [-0.2, 0) is 9.24 Å². The van der Waals surface area contributed by atoms with Crippen molar-refractivity contribution in [2.75, 3.05) is 4.72 Å². The first-order chi connectivity index (χ1) is 5.49. The van der Waals surface area contributed by atoms with Gasteiger partial charge in [0.2, 0.25) is 0 Å². The molecule has 66 valence electrons. The van der Waals surface area contributed by atoms with E-state index in [0.717, 1.165) is 0 Å². The third kappa shape index (κ3) is 2.84. The summed E-state index contributed by atoms with van der Waals surface area (Å²) in [7, 11) is 1.11. The van der Waals surface area contributed by atoms with Gasteiger partial charge in [0.1, 0.15) is 0 Å². The van der Waals surface area contributed by atoms with Crippen LogP contribution in [0, 0.1) is 0 Å². The summed E-state index contributed by atoms with van der Waals surface area (Å²) in [5.41, 5.74) is 0.161. The third-order valence-electron chi connectivity index (χ3n) is 0.991. The molecule has 0 aromatic carbocycles. The van der Waals surface area contributed by atoms with Crippen LogP contribution in [-0.4, -0.2) is 13.4 Å². The molecule has 1 rings (SSSR count). The highest BCUT2D eigenvalue weighted by Gasteiger charge is 2.07. The van der Waals surface area contributed by atoms with E-state index in [1.165, 1.54) is 18.3 Å². The second-order valence-corrected chi connectivity index (χ2v) is 4.54. The van der Waals surface area contributed by atoms with E-state index in [4.69, 9.17) is 22.3 Å². The van der Waals surface area contributed by atoms with Crippen LogP contribution in [0.1, 0.15) is 0 Å². The fourth-order valence-electron chi connectivity index (χ4n) is 0.594. The summed E-state index contributed by atoms with van der Waals surface area (Å²) >= 11 is 5.53. The summed E-state index contributed by atoms with van der Waals surface area (Å²) in [5.74, 6) is 0. The first-order valence-corrected chi connectivity index (χ1v) is 5.51. The summed E-state index contributed by atoms with van der Waals surface area (Å²) < 4.78 is 23.0. The van der Waals surface area contributed by atoms with Crippen molar-refractivity contribution in [1.29, 1.82) is 0 Å². The van der Waals surface area contributed by atoms with E-state index in [1.54, 1.807) is 0 Å².